The smallest absolute Gasteiger partial charge is 0.124 e. The molecule has 1 aromatic heterocycles. The Kier molecular flexibility index (Phi) is 2.76. The Morgan fingerprint density at radius 3 is 2.82 bits per heavy atom. The maximum atomic E-state index is 5.57. The largest absolute Gasteiger partial charge is 0.384 e. The second-order valence-electron chi connectivity index (χ2n) is 2.30. The van der Waals surface area contributed by atoms with Crippen molar-refractivity contribution in [1.82, 2.24) is 4.98 Å². The van der Waals surface area contributed by atoms with Crippen molar-refractivity contribution in [2.45, 2.75) is 18.7 Å². The van der Waals surface area contributed by atoms with Gasteiger partial charge in [-0.25, -0.2) is 4.98 Å². The van der Waals surface area contributed by atoms with Crippen LogP contribution in [-0.2, 0) is 0 Å². The van der Waals surface area contributed by atoms with Crippen LogP contribution in [0.25, 0.3) is 0 Å². The highest BCUT2D eigenvalue weighted by Gasteiger charge is 1.95. The zero-order valence-corrected chi connectivity index (χ0v) is 7.61. The van der Waals surface area contributed by atoms with E-state index in [2.05, 4.69) is 11.9 Å². The number of nitrogens with two attached hydrogens (primary N) is 1. The molecule has 0 radical (unpaired) electrons. The Hall–Kier alpha value is -0.700. The lowest BCUT2D eigenvalue weighted by molar-refractivity contribution is 1.17. The molecular formula is C8H12N2S. The summed E-state index contributed by atoms with van der Waals surface area (Å²) in [6, 6.07) is 3.95. The van der Waals surface area contributed by atoms with Crippen LogP contribution in [0.15, 0.2) is 17.0 Å². The van der Waals surface area contributed by atoms with Gasteiger partial charge in [0.1, 0.15) is 5.82 Å². The number of nitrogens with zero attached hydrogens (tertiary/aromatic N) is 1. The van der Waals surface area contributed by atoms with Crippen LogP contribution in [0, 0.1) is 6.92 Å². The normalized spacial score (nSPS) is 10.0. The molecule has 0 amide bonds. The van der Waals surface area contributed by atoms with E-state index in [4.69, 9.17) is 5.73 Å². The van der Waals surface area contributed by atoms with Crippen molar-refractivity contribution in [3.05, 3.63) is 17.8 Å². The topological polar surface area (TPSA) is 38.9 Å². The molecule has 3 heteroatoms. The number of pyridine rings is 1. The van der Waals surface area contributed by atoms with Gasteiger partial charge >= 0.3 is 0 Å². The van der Waals surface area contributed by atoms with Crippen LogP contribution in [0.1, 0.15) is 12.6 Å². The van der Waals surface area contributed by atoms with Crippen molar-refractivity contribution in [3.63, 3.8) is 0 Å². The Labute approximate surface area is 71.2 Å². The van der Waals surface area contributed by atoms with Crippen molar-refractivity contribution in [3.8, 4) is 0 Å². The predicted molar refractivity (Wildman–Crippen MR) is 49.8 cm³/mol. The van der Waals surface area contributed by atoms with Gasteiger partial charge in [-0.2, -0.15) is 0 Å². The Morgan fingerprint density at radius 2 is 2.27 bits per heavy atom. The number of anilines is 1. The molecule has 0 saturated carbocycles. The van der Waals surface area contributed by atoms with E-state index in [1.165, 1.54) is 4.90 Å². The van der Waals surface area contributed by atoms with Gasteiger partial charge in [-0.05, 0) is 24.8 Å². The second kappa shape index (κ2) is 3.62. The molecule has 0 unspecified atom stereocenters. The monoisotopic (exact) mass is 168 g/mol. The van der Waals surface area contributed by atoms with E-state index in [1.54, 1.807) is 11.8 Å². The van der Waals surface area contributed by atoms with E-state index >= 15 is 0 Å². The van der Waals surface area contributed by atoms with Gasteiger partial charge in [0.25, 0.3) is 0 Å². The number of nitrogen functional groups attached to an aromatic ring is 1. The summed E-state index contributed by atoms with van der Waals surface area (Å²) < 4.78 is 0. The van der Waals surface area contributed by atoms with Crippen LogP contribution in [-0.4, -0.2) is 10.7 Å². The fraction of sp³-hybridized carbons (Fsp3) is 0.375. The average molecular weight is 168 g/mol. The molecule has 60 valence electrons. The number of rotatable bonds is 2. The van der Waals surface area contributed by atoms with Gasteiger partial charge in [0.15, 0.2) is 0 Å². The maximum Gasteiger partial charge on any atom is 0.124 e. The van der Waals surface area contributed by atoms with Crippen LogP contribution in [0.5, 0.6) is 0 Å². The molecule has 1 rings (SSSR count). The minimum atomic E-state index is 0.612. The van der Waals surface area contributed by atoms with Gasteiger partial charge < -0.3 is 5.73 Å². The molecule has 11 heavy (non-hydrogen) atoms. The molecule has 2 nitrogen and oxygen atoms in total. The first kappa shape index (κ1) is 8.40. The zero-order valence-electron chi connectivity index (χ0n) is 6.79. The highest BCUT2D eigenvalue weighted by Crippen LogP contribution is 2.19. The Balaban J connectivity index is 2.89. The number of aryl methyl sites for hydroxylation is 1. The lowest BCUT2D eigenvalue weighted by Gasteiger charge is -2.00. The number of hydrogen-bond acceptors (Lipinski definition) is 3. The zero-order chi connectivity index (χ0) is 8.27. The molecule has 2 N–H and O–H groups in total. The summed E-state index contributed by atoms with van der Waals surface area (Å²) in [5, 5.41) is 0. The molecule has 0 spiro atoms. The molecule has 0 aromatic carbocycles. The van der Waals surface area contributed by atoms with Gasteiger partial charge in [-0.1, -0.05) is 6.92 Å². The Bertz CT molecular complexity index is 228. The molecular weight excluding hydrogens is 156 g/mol. The maximum absolute atomic E-state index is 5.57. The minimum Gasteiger partial charge on any atom is -0.384 e. The fourth-order valence-electron chi connectivity index (χ4n) is 0.911. The van der Waals surface area contributed by atoms with Crippen molar-refractivity contribution in [2.24, 2.45) is 0 Å². The van der Waals surface area contributed by atoms with Crippen molar-refractivity contribution in [1.29, 1.82) is 0 Å². The first-order valence-corrected chi connectivity index (χ1v) is 4.58. The second-order valence-corrected chi connectivity index (χ2v) is 3.64. The van der Waals surface area contributed by atoms with E-state index in [0.717, 1.165) is 11.4 Å². The summed E-state index contributed by atoms with van der Waals surface area (Å²) in [5.41, 5.74) is 6.55. The lowest BCUT2D eigenvalue weighted by atomic mass is 10.4. The van der Waals surface area contributed by atoms with E-state index in [0.29, 0.717) is 5.82 Å². The van der Waals surface area contributed by atoms with Crippen LogP contribution >= 0.6 is 11.8 Å². The van der Waals surface area contributed by atoms with Crippen molar-refractivity contribution < 1.29 is 0 Å². The molecule has 0 aliphatic carbocycles. The highest BCUT2D eigenvalue weighted by molar-refractivity contribution is 7.99. The predicted octanol–water partition coefficient (Wildman–Crippen LogP) is 2.08. The molecule has 0 aliphatic heterocycles. The summed E-state index contributed by atoms with van der Waals surface area (Å²) in [5.74, 6) is 1.68. The van der Waals surface area contributed by atoms with Gasteiger partial charge in [0.2, 0.25) is 0 Å². The molecule has 1 aromatic rings. The highest BCUT2D eigenvalue weighted by atomic mass is 32.2. The summed E-state index contributed by atoms with van der Waals surface area (Å²) in [6.45, 7) is 4.08. The third-order valence-corrected chi connectivity index (χ3v) is 2.12. The van der Waals surface area contributed by atoms with Gasteiger partial charge in [-0.3, -0.25) is 0 Å². The molecule has 0 saturated heterocycles. The SMILES string of the molecule is CCSc1cc(C)nc(N)c1. The number of aromatic nitrogens is 1. The summed E-state index contributed by atoms with van der Waals surface area (Å²) in [7, 11) is 0. The van der Waals surface area contributed by atoms with Gasteiger partial charge in [0, 0.05) is 10.6 Å². The van der Waals surface area contributed by atoms with Crippen molar-refractivity contribution >= 4 is 17.6 Å². The molecule has 0 bridgehead atoms. The van der Waals surface area contributed by atoms with E-state index in [1.807, 2.05) is 19.1 Å². The lowest BCUT2D eigenvalue weighted by Crippen LogP contribution is -1.92. The first-order chi connectivity index (χ1) is 5.22. The quantitative estimate of drug-likeness (QED) is 0.687. The van der Waals surface area contributed by atoms with E-state index in [-0.39, 0.29) is 0 Å². The Morgan fingerprint density at radius 1 is 1.55 bits per heavy atom. The molecule has 1 heterocycles. The summed E-state index contributed by atoms with van der Waals surface area (Å²) in [4.78, 5) is 5.29. The van der Waals surface area contributed by atoms with Crippen LogP contribution < -0.4 is 5.73 Å². The third-order valence-electron chi connectivity index (χ3n) is 1.26. The third kappa shape index (κ3) is 2.42. The van der Waals surface area contributed by atoms with E-state index < -0.39 is 0 Å². The van der Waals surface area contributed by atoms with Crippen LogP contribution in [0.4, 0.5) is 5.82 Å². The van der Waals surface area contributed by atoms with Crippen molar-refractivity contribution in [2.75, 3.05) is 11.5 Å². The molecule has 0 atom stereocenters. The van der Waals surface area contributed by atoms with E-state index in [9.17, 15) is 0 Å². The van der Waals surface area contributed by atoms with Gasteiger partial charge in [-0.15, -0.1) is 11.8 Å². The standard InChI is InChI=1S/C8H12N2S/c1-3-11-7-4-6(2)10-8(9)5-7/h4-5H,3H2,1-2H3,(H2,9,10). The average Bonchev–Trinajstić information content (AvgIpc) is 1.85. The van der Waals surface area contributed by atoms with Crippen LogP contribution in [0.2, 0.25) is 0 Å². The number of thioether (sulfide) groups is 1. The number of hydrogen-bond donors (Lipinski definition) is 1. The molecule has 0 aliphatic rings. The van der Waals surface area contributed by atoms with Crippen LogP contribution in [0.3, 0.4) is 0 Å². The first-order valence-electron chi connectivity index (χ1n) is 3.59. The summed E-state index contributed by atoms with van der Waals surface area (Å²) >= 11 is 1.78. The minimum absolute atomic E-state index is 0.612. The molecule has 0 fully saturated rings. The van der Waals surface area contributed by atoms with Gasteiger partial charge in [0.05, 0.1) is 0 Å². The summed E-state index contributed by atoms with van der Waals surface area (Å²) in [6.07, 6.45) is 0. The fourth-order valence-corrected chi connectivity index (χ4v) is 1.70.